The van der Waals surface area contributed by atoms with Gasteiger partial charge in [-0.05, 0) is 54.5 Å². The van der Waals surface area contributed by atoms with Gasteiger partial charge >= 0.3 is 0 Å². The Morgan fingerprint density at radius 2 is 1.90 bits per heavy atom. The predicted molar refractivity (Wildman–Crippen MR) is 125 cm³/mol. The van der Waals surface area contributed by atoms with Crippen LogP contribution in [0, 0.1) is 5.41 Å². The molecule has 156 valence electrons. The van der Waals surface area contributed by atoms with Crippen LogP contribution in [0.1, 0.15) is 31.2 Å². The maximum Gasteiger partial charge on any atom is 0.219 e. The Kier molecular flexibility index (Phi) is 7.21. The SMILES string of the molecule is CN=C(NCc1ccc(Oc2ccc(OC)cc2)nc1)N1CCC2(CCC2)C1.I. The van der Waals surface area contributed by atoms with Gasteiger partial charge in [-0.2, -0.15) is 0 Å². The van der Waals surface area contributed by atoms with E-state index in [4.69, 9.17) is 9.47 Å². The summed E-state index contributed by atoms with van der Waals surface area (Å²) in [5.74, 6) is 3.10. The van der Waals surface area contributed by atoms with Crippen molar-refractivity contribution in [3.8, 4) is 17.4 Å². The zero-order valence-electron chi connectivity index (χ0n) is 17.1. The highest BCUT2D eigenvalue weighted by Crippen LogP contribution is 2.47. The summed E-state index contributed by atoms with van der Waals surface area (Å²) in [5.41, 5.74) is 1.67. The first-order chi connectivity index (χ1) is 13.7. The highest BCUT2D eigenvalue weighted by molar-refractivity contribution is 14.0. The third kappa shape index (κ3) is 5.12. The van der Waals surface area contributed by atoms with Crippen LogP contribution >= 0.6 is 24.0 Å². The Morgan fingerprint density at radius 1 is 1.14 bits per heavy atom. The number of nitrogens with one attached hydrogen (secondary N) is 1. The van der Waals surface area contributed by atoms with Gasteiger partial charge in [-0.1, -0.05) is 12.5 Å². The molecule has 0 unspecified atom stereocenters. The van der Waals surface area contributed by atoms with Crippen molar-refractivity contribution in [2.75, 3.05) is 27.2 Å². The largest absolute Gasteiger partial charge is 0.497 e. The van der Waals surface area contributed by atoms with E-state index in [9.17, 15) is 0 Å². The van der Waals surface area contributed by atoms with Crippen molar-refractivity contribution < 1.29 is 9.47 Å². The first-order valence-corrected chi connectivity index (χ1v) is 9.92. The molecule has 0 bridgehead atoms. The van der Waals surface area contributed by atoms with Crippen molar-refractivity contribution in [2.45, 2.75) is 32.2 Å². The van der Waals surface area contributed by atoms with Gasteiger partial charge in [-0.3, -0.25) is 4.99 Å². The van der Waals surface area contributed by atoms with Crippen LogP contribution in [0.4, 0.5) is 0 Å². The van der Waals surface area contributed by atoms with Gasteiger partial charge in [0.1, 0.15) is 11.5 Å². The van der Waals surface area contributed by atoms with E-state index in [0.717, 1.165) is 36.1 Å². The molecule has 1 aromatic heterocycles. The molecular formula is C22H29IN4O2. The van der Waals surface area contributed by atoms with E-state index in [-0.39, 0.29) is 24.0 Å². The van der Waals surface area contributed by atoms with E-state index in [2.05, 4.69) is 20.2 Å². The lowest BCUT2D eigenvalue weighted by molar-refractivity contribution is 0.151. The summed E-state index contributed by atoms with van der Waals surface area (Å²) in [6, 6.07) is 11.4. The molecule has 2 heterocycles. The average molecular weight is 508 g/mol. The number of aromatic nitrogens is 1. The third-order valence-electron chi connectivity index (χ3n) is 5.89. The Morgan fingerprint density at radius 3 is 2.45 bits per heavy atom. The van der Waals surface area contributed by atoms with Gasteiger partial charge < -0.3 is 19.7 Å². The maximum absolute atomic E-state index is 5.78. The Balaban J connectivity index is 0.00000240. The second-order valence-corrected chi connectivity index (χ2v) is 7.71. The summed E-state index contributed by atoms with van der Waals surface area (Å²) in [4.78, 5) is 11.3. The van der Waals surface area contributed by atoms with E-state index in [1.54, 1.807) is 7.11 Å². The van der Waals surface area contributed by atoms with Crippen LogP contribution in [0.15, 0.2) is 47.6 Å². The Bertz CT molecular complexity index is 820. The van der Waals surface area contributed by atoms with Crippen molar-refractivity contribution in [1.82, 2.24) is 15.2 Å². The summed E-state index contributed by atoms with van der Waals surface area (Å²) < 4.78 is 10.9. The van der Waals surface area contributed by atoms with Crippen molar-refractivity contribution in [3.05, 3.63) is 48.2 Å². The molecule has 0 amide bonds. The molecule has 1 saturated heterocycles. The molecule has 29 heavy (non-hydrogen) atoms. The normalized spacial score (nSPS) is 17.4. The quantitative estimate of drug-likeness (QED) is 0.368. The van der Waals surface area contributed by atoms with Gasteiger partial charge in [0, 0.05) is 38.9 Å². The molecule has 1 N–H and O–H groups in total. The second-order valence-electron chi connectivity index (χ2n) is 7.71. The lowest BCUT2D eigenvalue weighted by Gasteiger charge is -2.38. The van der Waals surface area contributed by atoms with Gasteiger partial charge in [0.25, 0.3) is 0 Å². The molecule has 0 radical (unpaired) electrons. The molecule has 2 aliphatic rings. The van der Waals surface area contributed by atoms with Gasteiger partial charge in [-0.15, -0.1) is 24.0 Å². The van der Waals surface area contributed by atoms with Crippen LogP contribution in [0.25, 0.3) is 0 Å². The lowest BCUT2D eigenvalue weighted by atomic mass is 9.68. The molecule has 1 aliphatic carbocycles. The van der Waals surface area contributed by atoms with E-state index in [1.165, 1.54) is 25.7 Å². The van der Waals surface area contributed by atoms with Crippen LogP contribution in [-0.2, 0) is 6.54 Å². The Labute approximate surface area is 189 Å². The van der Waals surface area contributed by atoms with Crippen LogP contribution < -0.4 is 14.8 Å². The van der Waals surface area contributed by atoms with Crippen molar-refractivity contribution in [2.24, 2.45) is 10.4 Å². The highest BCUT2D eigenvalue weighted by atomic mass is 127. The second kappa shape index (κ2) is 9.65. The minimum atomic E-state index is 0. The minimum absolute atomic E-state index is 0. The molecule has 2 aromatic rings. The lowest BCUT2D eigenvalue weighted by Crippen LogP contribution is -2.42. The minimum Gasteiger partial charge on any atom is -0.497 e. The number of pyridine rings is 1. The molecular weight excluding hydrogens is 479 g/mol. The molecule has 2 fully saturated rings. The number of nitrogens with zero attached hydrogens (tertiary/aromatic N) is 3. The third-order valence-corrected chi connectivity index (χ3v) is 5.89. The zero-order valence-corrected chi connectivity index (χ0v) is 19.4. The number of halogens is 1. The van der Waals surface area contributed by atoms with E-state index in [0.29, 0.717) is 17.8 Å². The van der Waals surface area contributed by atoms with Crippen molar-refractivity contribution in [3.63, 3.8) is 0 Å². The highest BCUT2D eigenvalue weighted by Gasteiger charge is 2.43. The number of benzene rings is 1. The van der Waals surface area contributed by atoms with Crippen LogP contribution in [0.2, 0.25) is 0 Å². The maximum atomic E-state index is 5.78. The van der Waals surface area contributed by atoms with Crippen molar-refractivity contribution in [1.29, 1.82) is 0 Å². The molecule has 1 aliphatic heterocycles. The fourth-order valence-corrected chi connectivity index (χ4v) is 4.05. The molecule has 0 atom stereocenters. The smallest absolute Gasteiger partial charge is 0.219 e. The summed E-state index contributed by atoms with van der Waals surface area (Å²) in [7, 11) is 3.51. The van der Waals surface area contributed by atoms with E-state index in [1.807, 2.05) is 49.6 Å². The number of ether oxygens (including phenoxy) is 2. The van der Waals surface area contributed by atoms with Crippen LogP contribution in [0.3, 0.4) is 0 Å². The number of hydrogen-bond acceptors (Lipinski definition) is 4. The first-order valence-electron chi connectivity index (χ1n) is 9.92. The molecule has 4 rings (SSSR count). The van der Waals surface area contributed by atoms with Gasteiger partial charge in [0.15, 0.2) is 5.96 Å². The molecule has 6 nitrogen and oxygen atoms in total. The van der Waals surface area contributed by atoms with Gasteiger partial charge in [0.2, 0.25) is 5.88 Å². The fourth-order valence-electron chi connectivity index (χ4n) is 4.05. The van der Waals surface area contributed by atoms with Crippen molar-refractivity contribution >= 4 is 29.9 Å². The average Bonchev–Trinajstić information content (AvgIpc) is 3.17. The monoisotopic (exact) mass is 508 g/mol. The van der Waals surface area contributed by atoms with Crippen LogP contribution in [-0.4, -0.2) is 43.1 Å². The summed E-state index contributed by atoms with van der Waals surface area (Å²) in [6.45, 7) is 2.94. The molecule has 7 heteroatoms. The number of rotatable bonds is 5. The first kappa shape index (κ1) is 21.7. The van der Waals surface area contributed by atoms with Gasteiger partial charge in [-0.25, -0.2) is 4.98 Å². The molecule has 1 spiro atoms. The zero-order chi connectivity index (χ0) is 19.4. The summed E-state index contributed by atoms with van der Waals surface area (Å²) in [6.07, 6.45) is 7.28. The standard InChI is InChI=1S/C22H28N4O2.HI/c1-23-21(26-13-12-22(16-26)10-3-11-22)25-15-17-4-9-20(24-14-17)28-19-7-5-18(27-2)6-8-19;/h4-9,14H,3,10-13,15-16H2,1-2H3,(H,23,25);1H. The van der Waals surface area contributed by atoms with E-state index < -0.39 is 0 Å². The number of likely N-dealkylation sites (tertiary alicyclic amines) is 1. The van der Waals surface area contributed by atoms with Gasteiger partial charge in [0.05, 0.1) is 7.11 Å². The summed E-state index contributed by atoms with van der Waals surface area (Å²) in [5, 5.41) is 3.48. The molecule has 1 saturated carbocycles. The number of methoxy groups -OCH3 is 1. The number of aliphatic imine (C=N–C) groups is 1. The topological polar surface area (TPSA) is 59.0 Å². The van der Waals surface area contributed by atoms with E-state index >= 15 is 0 Å². The number of guanidine groups is 1. The fraction of sp³-hybridized carbons (Fsp3) is 0.455. The number of hydrogen-bond donors (Lipinski definition) is 1. The predicted octanol–water partition coefficient (Wildman–Crippen LogP) is 4.45. The van der Waals surface area contributed by atoms with Crippen LogP contribution in [0.5, 0.6) is 17.4 Å². The Hall–Kier alpha value is -2.03. The molecule has 1 aromatic carbocycles. The summed E-state index contributed by atoms with van der Waals surface area (Å²) >= 11 is 0.